The number of ether oxygens (including phenoxy) is 1. The molecule has 0 N–H and O–H groups in total. The maximum Gasteiger partial charge on any atom is 0.200 e. The molecule has 0 aliphatic rings. The number of benzene rings is 2. The van der Waals surface area contributed by atoms with Crippen molar-refractivity contribution in [3.63, 3.8) is 0 Å². The molecule has 0 heterocycles. The first-order valence-corrected chi connectivity index (χ1v) is 5.71. The Morgan fingerprint density at radius 1 is 1.15 bits per heavy atom. The number of hydrogen-bond donors (Lipinski definition) is 0. The van der Waals surface area contributed by atoms with E-state index in [1.54, 1.807) is 6.07 Å². The summed E-state index contributed by atoms with van der Waals surface area (Å²) in [6.07, 6.45) is 0. The van der Waals surface area contributed by atoms with Crippen molar-refractivity contribution in [3.05, 3.63) is 65.2 Å². The first-order valence-electron chi connectivity index (χ1n) is 5.71. The first-order chi connectivity index (χ1) is 9.60. The molecule has 2 aromatic carbocycles. The lowest BCUT2D eigenvalue weighted by Gasteiger charge is -2.06. The Kier molecular flexibility index (Phi) is 4.06. The standard InChI is InChI=1S/C15H9F2NO2/c16-12-3-1-10(2-4-12)15(19)9-20-13-5-6-14(17)11(7-13)8-18/h1-7H,9H2. The molecule has 0 saturated heterocycles. The molecule has 0 aromatic heterocycles. The van der Waals surface area contributed by atoms with E-state index in [0.717, 1.165) is 6.07 Å². The highest BCUT2D eigenvalue weighted by Crippen LogP contribution is 2.16. The van der Waals surface area contributed by atoms with E-state index in [1.807, 2.05) is 0 Å². The molecule has 5 heteroatoms. The highest BCUT2D eigenvalue weighted by atomic mass is 19.1. The molecule has 0 aliphatic carbocycles. The number of hydrogen-bond acceptors (Lipinski definition) is 3. The van der Waals surface area contributed by atoms with Gasteiger partial charge in [0, 0.05) is 11.6 Å². The van der Waals surface area contributed by atoms with Crippen LogP contribution in [0, 0.1) is 23.0 Å². The molecule has 20 heavy (non-hydrogen) atoms. The van der Waals surface area contributed by atoms with Gasteiger partial charge in [0.15, 0.2) is 12.4 Å². The molecule has 0 amide bonds. The van der Waals surface area contributed by atoms with Crippen LogP contribution in [0.2, 0.25) is 0 Å². The average molecular weight is 273 g/mol. The summed E-state index contributed by atoms with van der Waals surface area (Å²) in [5, 5.41) is 8.68. The van der Waals surface area contributed by atoms with Gasteiger partial charge in [0.25, 0.3) is 0 Å². The van der Waals surface area contributed by atoms with E-state index in [4.69, 9.17) is 10.00 Å². The van der Waals surface area contributed by atoms with Crippen molar-refractivity contribution < 1.29 is 18.3 Å². The highest BCUT2D eigenvalue weighted by Gasteiger charge is 2.08. The van der Waals surface area contributed by atoms with Gasteiger partial charge >= 0.3 is 0 Å². The second-order valence-corrected chi connectivity index (χ2v) is 3.97. The summed E-state index contributed by atoms with van der Waals surface area (Å²) in [6, 6.07) is 10.4. The predicted octanol–water partition coefficient (Wildman–Crippen LogP) is 3.10. The zero-order valence-electron chi connectivity index (χ0n) is 10.3. The van der Waals surface area contributed by atoms with Gasteiger partial charge in [-0.25, -0.2) is 8.78 Å². The van der Waals surface area contributed by atoms with Gasteiger partial charge in [-0.2, -0.15) is 5.26 Å². The van der Waals surface area contributed by atoms with Crippen LogP contribution in [-0.4, -0.2) is 12.4 Å². The van der Waals surface area contributed by atoms with Gasteiger partial charge in [-0.3, -0.25) is 4.79 Å². The molecule has 0 unspecified atom stereocenters. The van der Waals surface area contributed by atoms with E-state index in [-0.39, 0.29) is 23.7 Å². The summed E-state index contributed by atoms with van der Waals surface area (Å²) in [5.74, 6) is -1.20. The number of halogens is 2. The lowest BCUT2D eigenvalue weighted by atomic mass is 10.1. The fourth-order valence-corrected chi connectivity index (χ4v) is 1.55. The third kappa shape index (κ3) is 3.18. The molecule has 0 bridgehead atoms. The monoisotopic (exact) mass is 273 g/mol. The van der Waals surface area contributed by atoms with Crippen molar-refractivity contribution in [2.24, 2.45) is 0 Å². The number of nitrogens with zero attached hydrogens (tertiary/aromatic N) is 1. The van der Waals surface area contributed by atoms with Crippen molar-refractivity contribution in [3.8, 4) is 11.8 Å². The van der Waals surface area contributed by atoms with Crippen LogP contribution in [0.15, 0.2) is 42.5 Å². The molecule has 100 valence electrons. The van der Waals surface area contributed by atoms with E-state index < -0.39 is 11.6 Å². The van der Waals surface area contributed by atoms with Gasteiger partial charge in [-0.05, 0) is 36.4 Å². The Bertz CT molecular complexity index is 675. The minimum atomic E-state index is -0.648. The van der Waals surface area contributed by atoms with E-state index in [0.29, 0.717) is 5.56 Å². The Labute approximate surface area is 114 Å². The molecule has 2 rings (SSSR count). The SMILES string of the molecule is N#Cc1cc(OCC(=O)c2ccc(F)cc2)ccc1F. The normalized spacial score (nSPS) is 9.85. The maximum absolute atomic E-state index is 13.1. The first kappa shape index (κ1) is 13.7. The van der Waals surface area contributed by atoms with Crippen molar-refractivity contribution in [1.29, 1.82) is 5.26 Å². The topological polar surface area (TPSA) is 50.1 Å². The highest BCUT2D eigenvalue weighted by molar-refractivity contribution is 5.97. The summed E-state index contributed by atoms with van der Waals surface area (Å²) in [6.45, 7) is -0.276. The second-order valence-electron chi connectivity index (χ2n) is 3.97. The number of nitriles is 1. The van der Waals surface area contributed by atoms with Crippen LogP contribution in [0.3, 0.4) is 0 Å². The molecule has 3 nitrogen and oxygen atoms in total. The quantitative estimate of drug-likeness (QED) is 0.804. The largest absolute Gasteiger partial charge is 0.485 e. The molecule has 0 radical (unpaired) electrons. The van der Waals surface area contributed by atoms with Crippen LogP contribution in [0.4, 0.5) is 8.78 Å². The van der Waals surface area contributed by atoms with Gasteiger partial charge in [0.05, 0.1) is 5.56 Å². The van der Waals surface area contributed by atoms with Crippen molar-refractivity contribution in [2.45, 2.75) is 0 Å². The van der Waals surface area contributed by atoms with Crippen molar-refractivity contribution >= 4 is 5.78 Å². The molecular formula is C15H9F2NO2. The van der Waals surface area contributed by atoms with Gasteiger partial charge < -0.3 is 4.74 Å². The van der Waals surface area contributed by atoms with Crippen LogP contribution >= 0.6 is 0 Å². The third-order valence-electron chi connectivity index (χ3n) is 2.59. The smallest absolute Gasteiger partial charge is 0.200 e. The van der Waals surface area contributed by atoms with E-state index in [2.05, 4.69) is 0 Å². The van der Waals surface area contributed by atoms with Crippen LogP contribution in [0.1, 0.15) is 15.9 Å². The maximum atomic E-state index is 13.1. The molecule has 0 spiro atoms. The fourth-order valence-electron chi connectivity index (χ4n) is 1.55. The van der Waals surface area contributed by atoms with Crippen LogP contribution in [0.5, 0.6) is 5.75 Å². The zero-order valence-corrected chi connectivity index (χ0v) is 10.3. The van der Waals surface area contributed by atoms with Gasteiger partial charge in [0.2, 0.25) is 0 Å². The minimum absolute atomic E-state index is 0.156. The molecule has 2 aromatic rings. The summed E-state index contributed by atoms with van der Waals surface area (Å²) >= 11 is 0. The number of carbonyl (C=O) groups is 1. The summed E-state index contributed by atoms with van der Waals surface area (Å²) < 4.78 is 31.0. The minimum Gasteiger partial charge on any atom is -0.485 e. The van der Waals surface area contributed by atoms with E-state index >= 15 is 0 Å². The zero-order chi connectivity index (χ0) is 14.5. The van der Waals surface area contributed by atoms with E-state index in [9.17, 15) is 13.6 Å². The summed E-state index contributed by atoms with van der Waals surface area (Å²) in [5.41, 5.74) is 0.158. The molecule has 0 saturated carbocycles. The number of ketones is 1. The predicted molar refractivity (Wildman–Crippen MR) is 67.3 cm³/mol. The van der Waals surface area contributed by atoms with Gasteiger partial charge in [0.1, 0.15) is 23.5 Å². The summed E-state index contributed by atoms with van der Waals surface area (Å²) in [7, 11) is 0. The lowest BCUT2D eigenvalue weighted by Crippen LogP contribution is -2.11. The Hall–Kier alpha value is -2.74. The molecular weight excluding hydrogens is 264 g/mol. The third-order valence-corrected chi connectivity index (χ3v) is 2.59. The van der Waals surface area contributed by atoms with Gasteiger partial charge in [-0.1, -0.05) is 0 Å². The molecule has 0 fully saturated rings. The summed E-state index contributed by atoms with van der Waals surface area (Å²) in [4.78, 5) is 11.8. The fraction of sp³-hybridized carbons (Fsp3) is 0.0667. The van der Waals surface area contributed by atoms with Crippen LogP contribution in [0.25, 0.3) is 0 Å². The number of rotatable bonds is 4. The van der Waals surface area contributed by atoms with Crippen molar-refractivity contribution in [2.75, 3.05) is 6.61 Å². The number of carbonyl (C=O) groups excluding carboxylic acids is 1. The number of Topliss-reactive ketones (excluding diaryl/α,β-unsaturated/α-hetero) is 1. The second kappa shape index (κ2) is 5.93. The molecule has 0 aliphatic heterocycles. The Balaban J connectivity index is 2.03. The average Bonchev–Trinajstić information content (AvgIpc) is 2.46. The lowest BCUT2D eigenvalue weighted by molar-refractivity contribution is 0.0921. The van der Waals surface area contributed by atoms with E-state index in [1.165, 1.54) is 36.4 Å². The Morgan fingerprint density at radius 3 is 2.50 bits per heavy atom. The van der Waals surface area contributed by atoms with Crippen LogP contribution < -0.4 is 4.74 Å². The Morgan fingerprint density at radius 2 is 1.85 bits per heavy atom. The van der Waals surface area contributed by atoms with Crippen molar-refractivity contribution in [1.82, 2.24) is 0 Å². The van der Waals surface area contributed by atoms with Gasteiger partial charge in [-0.15, -0.1) is 0 Å². The molecule has 0 atom stereocenters. The van der Waals surface area contributed by atoms with Crippen LogP contribution in [-0.2, 0) is 0 Å².